The van der Waals surface area contributed by atoms with Gasteiger partial charge in [0.2, 0.25) is 11.8 Å². The first-order valence-electron chi connectivity index (χ1n) is 18.9. The van der Waals surface area contributed by atoms with Crippen molar-refractivity contribution in [1.29, 1.82) is 0 Å². The number of rotatable bonds is 18. The van der Waals surface area contributed by atoms with Crippen molar-refractivity contribution in [2.75, 3.05) is 22.9 Å². The van der Waals surface area contributed by atoms with Gasteiger partial charge in [0.15, 0.2) is 0 Å². The first-order chi connectivity index (χ1) is 27.3. The van der Waals surface area contributed by atoms with Gasteiger partial charge in [-0.1, -0.05) is 158 Å². The molecule has 0 spiro atoms. The van der Waals surface area contributed by atoms with E-state index in [0.717, 1.165) is 58.9 Å². The Morgan fingerprint density at radius 1 is 0.482 bits per heavy atom. The van der Waals surface area contributed by atoms with Crippen LogP contribution in [0, 0.1) is 0 Å². The molecular formula is C44H44N4O4S4. The van der Waals surface area contributed by atoms with E-state index in [-0.39, 0.29) is 23.6 Å². The second-order valence-corrected chi connectivity index (χ2v) is 16.8. The topological polar surface area (TPSA) is 81.2 Å². The van der Waals surface area contributed by atoms with Crippen molar-refractivity contribution in [3.05, 3.63) is 142 Å². The molecule has 4 amide bonds. The zero-order valence-electron chi connectivity index (χ0n) is 31.1. The minimum atomic E-state index is -0.272. The molecule has 2 fully saturated rings. The largest absolute Gasteiger partial charge is 0.308 e. The minimum absolute atomic E-state index is 0.0507. The van der Waals surface area contributed by atoms with E-state index in [0.29, 0.717) is 83.2 Å². The van der Waals surface area contributed by atoms with E-state index in [9.17, 15) is 19.2 Å². The van der Waals surface area contributed by atoms with Gasteiger partial charge in [-0.15, -0.1) is 0 Å². The van der Waals surface area contributed by atoms with Gasteiger partial charge in [0.05, 0.1) is 22.9 Å². The maximum atomic E-state index is 13.5. The van der Waals surface area contributed by atoms with Crippen LogP contribution in [-0.4, -0.2) is 55.2 Å². The van der Waals surface area contributed by atoms with Gasteiger partial charge >= 0.3 is 0 Å². The molecule has 0 radical (unpaired) electrons. The van der Waals surface area contributed by atoms with Crippen molar-refractivity contribution in [3.8, 4) is 0 Å². The van der Waals surface area contributed by atoms with Crippen LogP contribution in [0.15, 0.2) is 131 Å². The van der Waals surface area contributed by atoms with E-state index in [2.05, 4.69) is 0 Å². The molecule has 12 heteroatoms. The van der Waals surface area contributed by atoms with Crippen molar-refractivity contribution in [3.63, 3.8) is 0 Å². The number of hydrogen-bond donors (Lipinski definition) is 0. The first-order valence-corrected chi connectivity index (χ1v) is 21.4. The van der Waals surface area contributed by atoms with Crippen LogP contribution in [0.4, 0.5) is 11.4 Å². The van der Waals surface area contributed by atoms with Crippen LogP contribution in [0.25, 0.3) is 0 Å². The number of para-hydroxylation sites is 2. The third-order valence-corrected chi connectivity index (χ3v) is 12.6. The Morgan fingerprint density at radius 2 is 0.821 bits per heavy atom. The fraction of sp³-hybridized carbons (Fsp3) is 0.273. The van der Waals surface area contributed by atoms with Crippen LogP contribution in [0.2, 0.25) is 0 Å². The van der Waals surface area contributed by atoms with Crippen LogP contribution >= 0.6 is 48.0 Å². The van der Waals surface area contributed by atoms with Crippen molar-refractivity contribution >= 4 is 91.6 Å². The van der Waals surface area contributed by atoms with Gasteiger partial charge in [-0.3, -0.25) is 29.0 Å². The van der Waals surface area contributed by atoms with Crippen LogP contribution in [-0.2, 0) is 32.3 Å². The highest BCUT2D eigenvalue weighted by atomic mass is 32.2. The summed E-state index contributed by atoms with van der Waals surface area (Å²) in [4.78, 5) is 61.2. The number of thioether (sulfide) groups is 2. The summed E-state index contributed by atoms with van der Waals surface area (Å²) < 4.78 is 0.844. The van der Waals surface area contributed by atoms with E-state index in [1.807, 2.05) is 131 Å². The van der Waals surface area contributed by atoms with E-state index in [1.165, 1.54) is 0 Å². The second-order valence-electron chi connectivity index (χ2n) is 13.5. The summed E-state index contributed by atoms with van der Waals surface area (Å²) in [5.41, 5.74) is 3.85. The molecular weight excluding hydrogens is 777 g/mol. The number of unbranched alkanes of at least 4 members (excludes halogenated alkanes) is 4. The van der Waals surface area contributed by atoms with Crippen molar-refractivity contribution in [2.45, 2.75) is 64.5 Å². The van der Waals surface area contributed by atoms with Gasteiger partial charge in [-0.25, -0.2) is 0 Å². The van der Waals surface area contributed by atoms with E-state index in [4.69, 9.17) is 24.4 Å². The van der Waals surface area contributed by atoms with Crippen molar-refractivity contribution < 1.29 is 19.2 Å². The Balaban J connectivity index is 0.947. The maximum Gasteiger partial charge on any atom is 0.267 e. The standard InChI is InChI=1S/C44H44N4O4S4/c49-37(47(35-23-11-3-12-24-35)31-33-19-7-1-8-20-33)27-15-5-17-29-45-41(51)39(55-43(45)53)40-42(52)46(44(54)56-40)30-18-6-16-28-38(50)48(36-25-13-4-14-26-36)32-34-21-9-2-10-22-34/h1-4,7-14,19-26H,5-6,15-18,27-32H2/b40-39+. The number of thiocarbonyl (C=S) groups is 2. The summed E-state index contributed by atoms with van der Waals surface area (Å²) in [6.07, 6.45) is 4.98. The fourth-order valence-electron chi connectivity index (χ4n) is 6.57. The average molecular weight is 821 g/mol. The van der Waals surface area contributed by atoms with Crippen molar-refractivity contribution in [2.24, 2.45) is 0 Å². The Labute approximate surface area is 348 Å². The monoisotopic (exact) mass is 820 g/mol. The summed E-state index contributed by atoms with van der Waals surface area (Å²) >= 11 is 13.5. The van der Waals surface area contributed by atoms with Gasteiger partial charge in [0.1, 0.15) is 8.64 Å². The molecule has 8 nitrogen and oxygen atoms in total. The molecule has 0 aromatic heterocycles. The smallest absolute Gasteiger partial charge is 0.267 e. The third-order valence-electron chi connectivity index (χ3n) is 9.55. The second kappa shape index (κ2) is 20.5. The summed E-state index contributed by atoms with van der Waals surface area (Å²) in [6.45, 7) is 1.83. The number of amides is 4. The van der Waals surface area contributed by atoms with Gasteiger partial charge in [-0.2, -0.15) is 0 Å². The lowest BCUT2D eigenvalue weighted by Crippen LogP contribution is -2.31. The summed E-state index contributed by atoms with van der Waals surface area (Å²) in [5, 5.41) is 0. The molecule has 2 aliphatic rings. The number of hydrogen-bond acceptors (Lipinski definition) is 8. The zero-order chi connectivity index (χ0) is 39.3. The van der Waals surface area contributed by atoms with E-state index in [1.54, 1.807) is 9.80 Å². The Bertz CT molecular complexity index is 1900. The van der Waals surface area contributed by atoms with Crippen LogP contribution in [0.1, 0.15) is 62.5 Å². The molecule has 0 aliphatic carbocycles. The van der Waals surface area contributed by atoms with E-state index >= 15 is 0 Å². The number of nitrogens with zero attached hydrogens (tertiary/aromatic N) is 4. The molecule has 4 aromatic carbocycles. The SMILES string of the molecule is O=C1/C(=C2\SC(=S)N(CCCCCC(=O)N(Cc3ccccc3)c3ccccc3)C2=O)SC(=S)N1CCCCCC(=O)N(Cc1ccccc1)c1ccccc1. The Hall–Kier alpha value is -4.62. The summed E-state index contributed by atoms with van der Waals surface area (Å²) in [5.74, 6) is -0.442. The molecule has 0 atom stereocenters. The Kier molecular flexibility index (Phi) is 15.0. The molecule has 2 saturated heterocycles. The number of benzene rings is 4. The molecule has 2 heterocycles. The molecule has 2 aliphatic heterocycles. The maximum absolute atomic E-state index is 13.5. The number of anilines is 2. The number of carbonyl (C=O) groups excluding carboxylic acids is 4. The Morgan fingerprint density at radius 3 is 1.18 bits per heavy atom. The molecule has 56 heavy (non-hydrogen) atoms. The quantitative estimate of drug-likeness (QED) is 0.0558. The van der Waals surface area contributed by atoms with Gasteiger partial charge < -0.3 is 9.80 Å². The predicted molar refractivity (Wildman–Crippen MR) is 236 cm³/mol. The molecule has 4 aromatic rings. The lowest BCUT2D eigenvalue weighted by molar-refractivity contribution is -0.124. The molecule has 0 bridgehead atoms. The van der Waals surface area contributed by atoms with Crippen LogP contribution in [0.3, 0.4) is 0 Å². The average Bonchev–Trinajstić information content (AvgIpc) is 3.67. The first kappa shape index (κ1) is 41.0. The van der Waals surface area contributed by atoms with Crippen LogP contribution in [0.5, 0.6) is 0 Å². The molecule has 0 saturated carbocycles. The number of carbonyl (C=O) groups is 4. The third kappa shape index (κ3) is 10.8. The summed E-state index contributed by atoms with van der Waals surface area (Å²) in [6, 6.07) is 39.3. The lowest BCUT2D eigenvalue weighted by atomic mass is 10.1. The molecule has 288 valence electrons. The predicted octanol–water partition coefficient (Wildman–Crippen LogP) is 9.51. The van der Waals surface area contributed by atoms with Gasteiger partial charge in [0.25, 0.3) is 11.8 Å². The van der Waals surface area contributed by atoms with Gasteiger partial charge in [0, 0.05) is 37.3 Å². The molecule has 0 unspecified atom stereocenters. The minimum Gasteiger partial charge on any atom is -0.308 e. The molecule has 0 N–H and O–H groups in total. The highest BCUT2D eigenvalue weighted by Crippen LogP contribution is 2.42. The van der Waals surface area contributed by atoms with E-state index < -0.39 is 0 Å². The highest BCUT2D eigenvalue weighted by molar-refractivity contribution is 8.29. The normalized spacial score (nSPS) is 15.5. The zero-order valence-corrected chi connectivity index (χ0v) is 34.4. The highest BCUT2D eigenvalue weighted by Gasteiger charge is 2.41. The van der Waals surface area contributed by atoms with Gasteiger partial charge in [-0.05, 0) is 61.1 Å². The summed E-state index contributed by atoms with van der Waals surface area (Å²) in [7, 11) is 0. The van der Waals surface area contributed by atoms with Crippen molar-refractivity contribution in [1.82, 2.24) is 9.80 Å². The molecule has 6 rings (SSSR count). The lowest BCUT2D eigenvalue weighted by Gasteiger charge is -2.23. The van der Waals surface area contributed by atoms with Crippen LogP contribution < -0.4 is 9.80 Å². The fourth-order valence-corrected chi connectivity index (χ4v) is 9.34.